The summed E-state index contributed by atoms with van der Waals surface area (Å²) in [6, 6.07) is 4.74. The number of ether oxygens (including phenoxy) is 1. The van der Waals surface area contributed by atoms with E-state index >= 15 is 0 Å². The molecule has 3 N–H and O–H groups in total. The molecule has 0 unspecified atom stereocenters. The molecule has 2 aliphatic heterocycles. The summed E-state index contributed by atoms with van der Waals surface area (Å²) in [5.74, 6) is -3.92. The van der Waals surface area contributed by atoms with Gasteiger partial charge in [-0.1, -0.05) is 0 Å². The number of benzene rings is 1. The van der Waals surface area contributed by atoms with Gasteiger partial charge in [0.1, 0.15) is 0 Å². The topological polar surface area (TPSA) is 140 Å². The van der Waals surface area contributed by atoms with E-state index in [4.69, 9.17) is 14.6 Å². The van der Waals surface area contributed by atoms with E-state index < -0.39 is 18.1 Å². The molecule has 2 amide bonds. The molecular formula is C21H27F3N4O7. The number of hydrogen-bond acceptors (Lipinski definition) is 7. The Labute approximate surface area is 199 Å². The maximum absolute atomic E-state index is 12.4. The summed E-state index contributed by atoms with van der Waals surface area (Å²) >= 11 is 0. The number of amides is 2. The molecule has 11 nitrogen and oxygen atoms in total. The molecule has 14 heteroatoms. The normalized spacial score (nSPS) is 16.7. The lowest BCUT2D eigenvalue weighted by Crippen LogP contribution is -2.51. The van der Waals surface area contributed by atoms with Crippen LogP contribution in [0.15, 0.2) is 18.2 Å². The number of anilines is 2. The monoisotopic (exact) mass is 504 g/mol. The van der Waals surface area contributed by atoms with Crippen molar-refractivity contribution in [1.29, 1.82) is 0 Å². The van der Waals surface area contributed by atoms with Crippen LogP contribution in [0.25, 0.3) is 0 Å². The zero-order valence-corrected chi connectivity index (χ0v) is 19.0. The summed E-state index contributed by atoms with van der Waals surface area (Å²) in [4.78, 5) is 50.1. The Balaban J connectivity index is 0.000000540. The van der Waals surface area contributed by atoms with Gasteiger partial charge in [-0.05, 0) is 18.2 Å². The van der Waals surface area contributed by atoms with Gasteiger partial charge in [-0.15, -0.1) is 0 Å². The summed E-state index contributed by atoms with van der Waals surface area (Å²) < 4.78 is 37.0. The van der Waals surface area contributed by atoms with Crippen molar-refractivity contribution in [2.45, 2.75) is 13.1 Å². The number of nitrogens with zero attached hydrogens (tertiary/aromatic N) is 3. The molecule has 194 valence electrons. The number of piperazine rings is 1. The highest BCUT2D eigenvalue weighted by Gasteiger charge is 2.38. The van der Waals surface area contributed by atoms with Crippen molar-refractivity contribution in [3.8, 4) is 0 Å². The second-order valence-electron chi connectivity index (χ2n) is 7.78. The lowest BCUT2D eigenvalue weighted by atomic mass is 10.1. The van der Waals surface area contributed by atoms with E-state index in [9.17, 15) is 32.7 Å². The van der Waals surface area contributed by atoms with Gasteiger partial charge in [0.25, 0.3) is 0 Å². The SMILES string of the molecule is CC(=O)Nc1cc(C(=O)O)ccc1N1CCN(CC(=O)N2CCOCC2)CC1.O=C(O)C(F)(F)F. The summed E-state index contributed by atoms with van der Waals surface area (Å²) in [5.41, 5.74) is 1.41. The quantitative estimate of drug-likeness (QED) is 0.535. The predicted octanol–water partition coefficient (Wildman–Crippen LogP) is 0.957. The number of nitrogens with one attached hydrogen (secondary N) is 1. The number of halogens is 3. The first-order valence-electron chi connectivity index (χ1n) is 10.7. The van der Waals surface area contributed by atoms with Crippen molar-refractivity contribution >= 4 is 35.1 Å². The third kappa shape index (κ3) is 8.72. The van der Waals surface area contributed by atoms with Crippen molar-refractivity contribution in [3.05, 3.63) is 23.8 Å². The Morgan fingerprint density at radius 2 is 1.57 bits per heavy atom. The fourth-order valence-electron chi connectivity index (χ4n) is 3.49. The number of hydrogen-bond donors (Lipinski definition) is 3. The molecule has 0 saturated carbocycles. The van der Waals surface area contributed by atoms with Crippen LogP contribution in [0.4, 0.5) is 24.5 Å². The minimum atomic E-state index is -5.08. The van der Waals surface area contributed by atoms with Crippen LogP contribution in [0.2, 0.25) is 0 Å². The maximum Gasteiger partial charge on any atom is 0.490 e. The van der Waals surface area contributed by atoms with Crippen LogP contribution in [0.5, 0.6) is 0 Å². The van der Waals surface area contributed by atoms with E-state index in [1.165, 1.54) is 19.1 Å². The van der Waals surface area contributed by atoms with Crippen LogP contribution in [-0.4, -0.2) is 109 Å². The van der Waals surface area contributed by atoms with Crippen LogP contribution in [0.3, 0.4) is 0 Å². The zero-order valence-electron chi connectivity index (χ0n) is 19.0. The van der Waals surface area contributed by atoms with Gasteiger partial charge in [0, 0.05) is 46.2 Å². The van der Waals surface area contributed by atoms with E-state index in [1.54, 1.807) is 6.07 Å². The third-order valence-electron chi connectivity index (χ3n) is 5.23. The Hall–Kier alpha value is -3.39. The Bertz CT molecular complexity index is 928. The molecule has 0 atom stereocenters. The van der Waals surface area contributed by atoms with Crippen LogP contribution >= 0.6 is 0 Å². The van der Waals surface area contributed by atoms with E-state index in [1.807, 2.05) is 4.90 Å². The number of aliphatic carboxylic acids is 1. The van der Waals surface area contributed by atoms with Crippen LogP contribution in [0, 0.1) is 0 Å². The number of carboxylic acid groups (broad SMARTS) is 2. The highest BCUT2D eigenvalue weighted by Crippen LogP contribution is 2.28. The van der Waals surface area contributed by atoms with Gasteiger partial charge in [-0.2, -0.15) is 13.2 Å². The van der Waals surface area contributed by atoms with Crippen molar-refractivity contribution in [2.24, 2.45) is 0 Å². The molecule has 35 heavy (non-hydrogen) atoms. The van der Waals surface area contributed by atoms with Crippen LogP contribution in [-0.2, 0) is 19.1 Å². The maximum atomic E-state index is 12.4. The van der Waals surface area contributed by atoms with Gasteiger partial charge in [-0.3, -0.25) is 14.5 Å². The van der Waals surface area contributed by atoms with E-state index in [0.29, 0.717) is 51.6 Å². The van der Waals surface area contributed by atoms with Crippen molar-refractivity contribution < 1.29 is 47.3 Å². The number of carboxylic acids is 2. The summed E-state index contributed by atoms with van der Waals surface area (Å²) in [6.07, 6.45) is -5.08. The summed E-state index contributed by atoms with van der Waals surface area (Å²) in [6.45, 7) is 7.09. The highest BCUT2D eigenvalue weighted by atomic mass is 19.4. The molecule has 2 aliphatic rings. The second-order valence-corrected chi connectivity index (χ2v) is 7.78. The molecule has 0 bridgehead atoms. The third-order valence-corrected chi connectivity index (χ3v) is 5.23. The van der Waals surface area contributed by atoms with E-state index in [0.717, 1.165) is 18.8 Å². The van der Waals surface area contributed by atoms with E-state index in [2.05, 4.69) is 15.1 Å². The molecule has 0 spiro atoms. The van der Waals surface area contributed by atoms with Crippen molar-refractivity contribution in [3.63, 3.8) is 0 Å². The average molecular weight is 504 g/mol. The summed E-state index contributed by atoms with van der Waals surface area (Å²) in [7, 11) is 0. The molecular weight excluding hydrogens is 477 g/mol. The first-order valence-corrected chi connectivity index (χ1v) is 10.7. The van der Waals surface area contributed by atoms with Crippen molar-refractivity contribution in [1.82, 2.24) is 9.80 Å². The van der Waals surface area contributed by atoms with Crippen molar-refractivity contribution in [2.75, 3.05) is 69.2 Å². The largest absolute Gasteiger partial charge is 0.490 e. The number of rotatable bonds is 5. The van der Waals surface area contributed by atoms with Gasteiger partial charge < -0.3 is 30.1 Å². The first kappa shape index (κ1) is 27.9. The van der Waals surface area contributed by atoms with Crippen LogP contribution in [0.1, 0.15) is 17.3 Å². The van der Waals surface area contributed by atoms with Gasteiger partial charge >= 0.3 is 18.1 Å². The smallest absolute Gasteiger partial charge is 0.478 e. The molecule has 2 fully saturated rings. The second kappa shape index (κ2) is 12.4. The minimum Gasteiger partial charge on any atom is -0.478 e. The summed E-state index contributed by atoms with van der Waals surface area (Å²) in [5, 5.41) is 19.0. The lowest BCUT2D eigenvalue weighted by molar-refractivity contribution is -0.192. The number of carbonyl (C=O) groups is 4. The lowest BCUT2D eigenvalue weighted by Gasteiger charge is -2.37. The molecule has 2 saturated heterocycles. The molecule has 2 heterocycles. The highest BCUT2D eigenvalue weighted by molar-refractivity contribution is 5.96. The number of aromatic carboxylic acids is 1. The fourth-order valence-corrected chi connectivity index (χ4v) is 3.49. The van der Waals surface area contributed by atoms with Gasteiger partial charge in [0.05, 0.1) is 36.7 Å². The number of morpholine rings is 1. The molecule has 1 aromatic carbocycles. The number of alkyl halides is 3. The van der Waals surface area contributed by atoms with Gasteiger partial charge in [0.15, 0.2) is 0 Å². The Morgan fingerprint density at radius 1 is 1.00 bits per heavy atom. The minimum absolute atomic E-state index is 0.126. The van der Waals surface area contributed by atoms with Gasteiger partial charge in [-0.25, -0.2) is 9.59 Å². The molecule has 0 aliphatic carbocycles. The molecule has 1 aromatic rings. The molecule has 3 rings (SSSR count). The standard InChI is InChI=1S/C19H26N4O5.C2HF3O2/c1-14(24)20-16-12-15(19(26)27)2-3-17(16)22-6-4-21(5-7-22)13-18(25)23-8-10-28-11-9-23;3-2(4,5)1(6)7/h2-3,12H,4-11,13H2,1H3,(H,20,24)(H,26,27);(H,6,7). The van der Waals surface area contributed by atoms with Crippen LogP contribution < -0.4 is 10.2 Å². The fraction of sp³-hybridized carbons (Fsp3) is 0.524. The number of carbonyl (C=O) groups excluding carboxylic acids is 2. The first-order chi connectivity index (χ1) is 16.4. The Kier molecular flexibility index (Phi) is 9.83. The molecule has 0 radical (unpaired) electrons. The average Bonchev–Trinajstić information content (AvgIpc) is 2.79. The van der Waals surface area contributed by atoms with E-state index in [-0.39, 0.29) is 17.4 Å². The van der Waals surface area contributed by atoms with Gasteiger partial charge in [0.2, 0.25) is 11.8 Å². The molecule has 0 aromatic heterocycles. The predicted molar refractivity (Wildman–Crippen MR) is 117 cm³/mol. The zero-order chi connectivity index (χ0) is 26.2. The Morgan fingerprint density at radius 3 is 2.06 bits per heavy atom.